The summed E-state index contributed by atoms with van der Waals surface area (Å²) in [4.78, 5) is 23.7. The van der Waals surface area contributed by atoms with Crippen molar-refractivity contribution in [3.05, 3.63) is 58.1 Å². The lowest BCUT2D eigenvalue weighted by molar-refractivity contribution is -0.119. The van der Waals surface area contributed by atoms with E-state index < -0.39 is 11.9 Å². The van der Waals surface area contributed by atoms with E-state index in [1.165, 1.54) is 7.11 Å². The number of amides is 1. The fraction of sp³-hybridized carbons (Fsp3) is 0.176. The van der Waals surface area contributed by atoms with Crippen LogP contribution in [-0.4, -0.2) is 25.6 Å². The maximum absolute atomic E-state index is 11.9. The molecule has 1 amide bonds. The molecular formula is C17H16BrNO4. The van der Waals surface area contributed by atoms with Gasteiger partial charge in [-0.3, -0.25) is 4.79 Å². The predicted octanol–water partition coefficient (Wildman–Crippen LogP) is 3.56. The average Bonchev–Trinajstić information content (AvgIpc) is 2.56. The Hall–Kier alpha value is -2.34. The third kappa shape index (κ3) is 4.82. The molecule has 0 aliphatic heterocycles. The number of halogens is 1. The van der Waals surface area contributed by atoms with E-state index >= 15 is 0 Å². The van der Waals surface area contributed by atoms with E-state index in [-0.39, 0.29) is 6.61 Å². The van der Waals surface area contributed by atoms with Crippen LogP contribution in [0, 0.1) is 6.92 Å². The van der Waals surface area contributed by atoms with Crippen LogP contribution in [0.25, 0.3) is 0 Å². The molecule has 0 bridgehead atoms. The van der Waals surface area contributed by atoms with E-state index in [2.05, 4.69) is 21.2 Å². The standard InChI is InChI=1S/C17H16BrNO4/c1-11-8-13(6-7-15(11)18)19-16(20)10-23-17(21)12-4-3-5-14(9-12)22-2/h3-9H,10H2,1-2H3,(H,19,20). The molecule has 0 spiro atoms. The van der Waals surface area contributed by atoms with Gasteiger partial charge < -0.3 is 14.8 Å². The summed E-state index contributed by atoms with van der Waals surface area (Å²) < 4.78 is 11.0. The van der Waals surface area contributed by atoms with Crippen molar-refractivity contribution in [1.29, 1.82) is 0 Å². The Morgan fingerprint density at radius 3 is 2.65 bits per heavy atom. The van der Waals surface area contributed by atoms with Crippen molar-refractivity contribution in [2.75, 3.05) is 19.0 Å². The fourth-order valence-electron chi connectivity index (χ4n) is 1.88. The number of esters is 1. The number of hydrogen-bond acceptors (Lipinski definition) is 4. The van der Waals surface area contributed by atoms with E-state index in [1.807, 2.05) is 19.1 Å². The lowest BCUT2D eigenvalue weighted by Crippen LogP contribution is -2.21. The third-order valence-electron chi connectivity index (χ3n) is 3.08. The number of methoxy groups -OCH3 is 1. The summed E-state index contributed by atoms with van der Waals surface area (Å²) in [6, 6.07) is 12.0. The second-order valence-electron chi connectivity index (χ2n) is 4.82. The Morgan fingerprint density at radius 1 is 1.17 bits per heavy atom. The van der Waals surface area contributed by atoms with Gasteiger partial charge in [0.1, 0.15) is 5.75 Å². The minimum Gasteiger partial charge on any atom is -0.497 e. The van der Waals surface area contributed by atoms with Crippen LogP contribution < -0.4 is 10.1 Å². The second-order valence-corrected chi connectivity index (χ2v) is 5.67. The summed E-state index contributed by atoms with van der Waals surface area (Å²) in [6.07, 6.45) is 0. The van der Waals surface area contributed by atoms with Gasteiger partial charge in [0.2, 0.25) is 0 Å². The van der Waals surface area contributed by atoms with Crippen molar-refractivity contribution in [3.63, 3.8) is 0 Å². The number of hydrogen-bond donors (Lipinski definition) is 1. The Bertz CT molecular complexity index is 730. The molecule has 0 atom stereocenters. The van der Waals surface area contributed by atoms with Gasteiger partial charge in [-0.1, -0.05) is 22.0 Å². The summed E-state index contributed by atoms with van der Waals surface area (Å²) in [5.41, 5.74) is 1.97. The molecule has 0 heterocycles. The number of anilines is 1. The van der Waals surface area contributed by atoms with Crippen molar-refractivity contribution in [2.24, 2.45) is 0 Å². The molecule has 120 valence electrons. The fourth-order valence-corrected chi connectivity index (χ4v) is 2.13. The number of carbonyl (C=O) groups excluding carboxylic acids is 2. The molecule has 6 heteroatoms. The Balaban J connectivity index is 1.90. The zero-order valence-corrected chi connectivity index (χ0v) is 14.3. The molecule has 0 saturated carbocycles. The first-order valence-electron chi connectivity index (χ1n) is 6.87. The van der Waals surface area contributed by atoms with Crippen LogP contribution in [0.5, 0.6) is 5.75 Å². The highest BCUT2D eigenvalue weighted by Crippen LogP contribution is 2.20. The number of aryl methyl sites for hydroxylation is 1. The van der Waals surface area contributed by atoms with E-state index in [0.717, 1.165) is 10.0 Å². The highest BCUT2D eigenvalue weighted by atomic mass is 79.9. The van der Waals surface area contributed by atoms with Gasteiger partial charge >= 0.3 is 5.97 Å². The van der Waals surface area contributed by atoms with Crippen molar-refractivity contribution >= 4 is 33.5 Å². The minimum atomic E-state index is -0.578. The number of benzene rings is 2. The van der Waals surface area contributed by atoms with Gasteiger partial charge in [-0.15, -0.1) is 0 Å². The molecule has 0 unspecified atom stereocenters. The molecule has 2 rings (SSSR count). The highest BCUT2D eigenvalue weighted by Gasteiger charge is 2.11. The van der Waals surface area contributed by atoms with Crippen LogP contribution >= 0.6 is 15.9 Å². The van der Waals surface area contributed by atoms with E-state index in [4.69, 9.17) is 9.47 Å². The molecule has 2 aromatic rings. The largest absolute Gasteiger partial charge is 0.497 e. The smallest absolute Gasteiger partial charge is 0.338 e. The van der Waals surface area contributed by atoms with Gasteiger partial charge in [-0.25, -0.2) is 4.79 Å². The van der Waals surface area contributed by atoms with Crippen LogP contribution in [0.4, 0.5) is 5.69 Å². The summed E-state index contributed by atoms with van der Waals surface area (Å²) in [6.45, 7) is 1.56. The van der Waals surface area contributed by atoms with Crippen LogP contribution in [0.3, 0.4) is 0 Å². The van der Waals surface area contributed by atoms with Gasteiger partial charge in [0.15, 0.2) is 6.61 Å². The van der Waals surface area contributed by atoms with Gasteiger partial charge in [-0.2, -0.15) is 0 Å². The lowest BCUT2D eigenvalue weighted by Gasteiger charge is -2.08. The summed E-state index contributed by atoms with van der Waals surface area (Å²) in [5, 5.41) is 2.68. The first-order valence-corrected chi connectivity index (χ1v) is 7.66. The van der Waals surface area contributed by atoms with Gasteiger partial charge in [0.25, 0.3) is 5.91 Å². The first kappa shape index (κ1) is 17.0. The molecule has 0 aliphatic carbocycles. The van der Waals surface area contributed by atoms with E-state index in [1.54, 1.807) is 30.3 Å². The molecule has 5 nitrogen and oxygen atoms in total. The number of rotatable bonds is 5. The zero-order chi connectivity index (χ0) is 16.8. The average molecular weight is 378 g/mol. The van der Waals surface area contributed by atoms with E-state index in [0.29, 0.717) is 17.0 Å². The van der Waals surface area contributed by atoms with Crippen molar-refractivity contribution in [2.45, 2.75) is 6.92 Å². The third-order valence-corrected chi connectivity index (χ3v) is 3.97. The Labute approximate surface area is 142 Å². The van der Waals surface area contributed by atoms with Crippen LogP contribution in [-0.2, 0) is 9.53 Å². The maximum atomic E-state index is 11.9. The van der Waals surface area contributed by atoms with Crippen LogP contribution in [0.15, 0.2) is 46.9 Å². The zero-order valence-electron chi connectivity index (χ0n) is 12.8. The second kappa shape index (κ2) is 7.78. The number of ether oxygens (including phenoxy) is 2. The molecule has 0 aliphatic rings. The molecule has 0 radical (unpaired) electrons. The SMILES string of the molecule is COc1cccc(C(=O)OCC(=O)Nc2ccc(Br)c(C)c2)c1. The molecule has 23 heavy (non-hydrogen) atoms. The van der Waals surface area contributed by atoms with Gasteiger partial charge in [0, 0.05) is 10.2 Å². The predicted molar refractivity (Wildman–Crippen MR) is 90.8 cm³/mol. The first-order chi connectivity index (χ1) is 11.0. The van der Waals surface area contributed by atoms with Crippen LogP contribution in [0.1, 0.15) is 15.9 Å². The molecule has 0 aromatic heterocycles. The van der Waals surface area contributed by atoms with Crippen LogP contribution in [0.2, 0.25) is 0 Å². The summed E-state index contributed by atoms with van der Waals surface area (Å²) in [5.74, 6) is -0.428. The van der Waals surface area contributed by atoms with E-state index in [9.17, 15) is 9.59 Å². The Morgan fingerprint density at radius 2 is 1.96 bits per heavy atom. The topological polar surface area (TPSA) is 64.6 Å². The van der Waals surface area contributed by atoms with Crippen molar-refractivity contribution in [3.8, 4) is 5.75 Å². The van der Waals surface area contributed by atoms with Crippen molar-refractivity contribution < 1.29 is 19.1 Å². The Kier molecular flexibility index (Phi) is 5.76. The molecule has 0 saturated heterocycles. The van der Waals surface area contributed by atoms with Gasteiger partial charge in [0.05, 0.1) is 12.7 Å². The lowest BCUT2D eigenvalue weighted by atomic mass is 10.2. The van der Waals surface area contributed by atoms with Crippen molar-refractivity contribution in [1.82, 2.24) is 0 Å². The minimum absolute atomic E-state index is 0.330. The number of carbonyl (C=O) groups is 2. The highest BCUT2D eigenvalue weighted by molar-refractivity contribution is 9.10. The summed E-state index contributed by atoms with van der Waals surface area (Å²) >= 11 is 3.39. The normalized spacial score (nSPS) is 10.0. The summed E-state index contributed by atoms with van der Waals surface area (Å²) in [7, 11) is 1.51. The monoisotopic (exact) mass is 377 g/mol. The number of nitrogens with one attached hydrogen (secondary N) is 1. The molecule has 1 N–H and O–H groups in total. The van der Waals surface area contributed by atoms with Gasteiger partial charge in [-0.05, 0) is 48.9 Å². The molecule has 0 fully saturated rings. The maximum Gasteiger partial charge on any atom is 0.338 e. The quantitative estimate of drug-likeness (QED) is 0.809. The molecular weight excluding hydrogens is 362 g/mol. The molecule has 2 aromatic carbocycles.